The van der Waals surface area contributed by atoms with Crippen LogP contribution < -0.4 is 11.5 Å². The van der Waals surface area contributed by atoms with E-state index in [2.05, 4.69) is 0 Å². The van der Waals surface area contributed by atoms with Gasteiger partial charge in [-0.1, -0.05) is 12.1 Å². The first kappa shape index (κ1) is 14.0. The van der Waals surface area contributed by atoms with Crippen molar-refractivity contribution in [3.63, 3.8) is 0 Å². The molecule has 1 unspecified atom stereocenters. The zero-order valence-corrected chi connectivity index (χ0v) is 10.2. The molecule has 1 rings (SSSR count). The van der Waals surface area contributed by atoms with Crippen molar-refractivity contribution in [1.82, 2.24) is 4.90 Å². The largest absolute Gasteiger partial charge is 0.508 e. The van der Waals surface area contributed by atoms with Crippen LogP contribution in [-0.4, -0.2) is 34.9 Å². The van der Waals surface area contributed by atoms with E-state index in [4.69, 9.17) is 16.6 Å². The van der Waals surface area contributed by atoms with Gasteiger partial charge in [-0.05, 0) is 17.7 Å². The summed E-state index contributed by atoms with van der Waals surface area (Å²) in [5.74, 6) is -0.783. The molecule has 0 bridgehead atoms. The Hall–Kier alpha value is -2.08. The summed E-state index contributed by atoms with van der Waals surface area (Å²) in [5.41, 5.74) is 11.4. The van der Waals surface area contributed by atoms with Crippen molar-refractivity contribution in [1.29, 1.82) is 0 Å². The van der Waals surface area contributed by atoms with Gasteiger partial charge >= 0.3 is 0 Å². The third-order valence-electron chi connectivity index (χ3n) is 2.47. The summed E-state index contributed by atoms with van der Waals surface area (Å²) >= 11 is 0. The number of nitrogens with zero attached hydrogens (tertiary/aromatic N) is 1. The normalized spacial score (nSPS) is 11.9. The molecular formula is C12H17N3O3. The van der Waals surface area contributed by atoms with Crippen molar-refractivity contribution in [3.05, 3.63) is 29.8 Å². The summed E-state index contributed by atoms with van der Waals surface area (Å²) in [7, 11) is 1.59. The van der Waals surface area contributed by atoms with Crippen molar-refractivity contribution >= 4 is 11.8 Å². The molecule has 1 aromatic rings. The van der Waals surface area contributed by atoms with Crippen LogP contribution in [0.4, 0.5) is 0 Å². The van der Waals surface area contributed by atoms with Gasteiger partial charge in [0.15, 0.2) is 0 Å². The molecule has 1 atom stereocenters. The fourth-order valence-corrected chi connectivity index (χ4v) is 1.54. The van der Waals surface area contributed by atoms with Crippen LogP contribution in [0.25, 0.3) is 0 Å². The Morgan fingerprint density at radius 3 is 2.39 bits per heavy atom. The molecule has 2 amide bonds. The average molecular weight is 251 g/mol. The number of hydrogen-bond donors (Lipinski definition) is 3. The number of hydrogen-bond acceptors (Lipinski definition) is 4. The van der Waals surface area contributed by atoms with Gasteiger partial charge in [-0.25, -0.2) is 0 Å². The Kier molecular flexibility index (Phi) is 4.67. The number of nitrogens with two attached hydrogens (primary N) is 2. The second kappa shape index (κ2) is 6.02. The molecule has 0 saturated carbocycles. The van der Waals surface area contributed by atoms with Gasteiger partial charge in [-0.2, -0.15) is 0 Å². The highest BCUT2D eigenvalue weighted by atomic mass is 16.3. The van der Waals surface area contributed by atoms with Crippen LogP contribution in [-0.2, 0) is 16.1 Å². The molecule has 5 N–H and O–H groups in total. The monoisotopic (exact) mass is 251 g/mol. The standard InChI is InChI=1S/C12H17N3O3/c1-15(12(18)10(13)6-11(14)17)7-8-2-4-9(16)5-3-8/h2-5,10,16H,6-7,13H2,1H3,(H2,14,17). The van der Waals surface area contributed by atoms with E-state index in [1.54, 1.807) is 19.2 Å². The lowest BCUT2D eigenvalue weighted by atomic mass is 10.1. The number of primary amides is 1. The van der Waals surface area contributed by atoms with Crippen LogP contribution in [0.2, 0.25) is 0 Å². The number of phenols is 1. The molecule has 0 radical (unpaired) electrons. The molecule has 0 fully saturated rings. The maximum absolute atomic E-state index is 11.8. The van der Waals surface area contributed by atoms with Gasteiger partial charge in [0, 0.05) is 13.6 Å². The van der Waals surface area contributed by atoms with Crippen LogP contribution in [0.15, 0.2) is 24.3 Å². The molecule has 98 valence electrons. The van der Waals surface area contributed by atoms with E-state index in [0.29, 0.717) is 6.54 Å². The lowest BCUT2D eigenvalue weighted by Crippen LogP contribution is -2.43. The zero-order chi connectivity index (χ0) is 13.7. The van der Waals surface area contributed by atoms with E-state index in [1.165, 1.54) is 17.0 Å². The second-order valence-electron chi connectivity index (χ2n) is 4.14. The van der Waals surface area contributed by atoms with Crippen molar-refractivity contribution < 1.29 is 14.7 Å². The summed E-state index contributed by atoms with van der Waals surface area (Å²) in [6.45, 7) is 0.353. The van der Waals surface area contributed by atoms with Crippen LogP contribution in [0, 0.1) is 0 Å². The molecule has 0 aliphatic carbocycles. The summed E-state index contributed by atoms with van der Waals surface area (Å²) < 4.78 is 0. The molecule has 0 aliphatic rings. The predicted molar refractivity (Wildman–Crippen MR) is 66.4 cm³/mol. The smallest absolute Gasteiger partial charge is 0.240 e. The fourth-order valence-electron chi connectivity index (χ4n) is 1.54. The summed E-state index contributed by atoms with van der Waals surface area (Å²) in [6, 6.07) is 5.58. The maximum atomic E-state index is 11.8. The minimum absolute atomic E-state index is 0.165. The first-order chi connectivity index (χ1) is 8.40. The number of aromatic hydroxyl groups is 1. The minimum Gasteiger partial charge on any atom is -0.508 e. The maximum Gasteiger partial charge on any atom is 0.240 e. The number of phenolic OH excluding ortho intramolecular Hbond substituents is 1. The Morgan fingerprint density at radius 2 is 1.89 bits per heavy atom. The molecule has 6 heteroatoms. The van der Waals surface area contributed by atoms with E-state index in [9.17, 15) is 9.59 Å². The van der Waals surface area contributed by atoms with Crippen LogP contribution in [0.1, 0.15) is 12.0 Å². The second-order valence-corrected chi connectivity index (χ2v) is 4.14. The predicted octanol–water partition coefficient (Wildman–Crippen LogP) is -0.447. The number of rotatable bonds is 5. The topological polar surface area (TPSA) is 110 Å². The van der Waals surface area contributed by atoms with Crippen LogP contribution >= 0.6 is 0 Å². The quantitative estimate of drug-likeness (QED) is 0.658. The van der Waals surface area contributed by atoms with E-state index in [1.807, 2.05) is 0 Å². The molecule has 0 aromatic heterocycles. The first-order valence-electron chi connectivity index (χ1n) is 5.47. The molecule has 6 nitrogen and oxygen atoms in total. The van der Waals surface area contributed by atoms with Crippen molar-refractivity contribution in [2.75, 3.05) is 7.05 Å². The van der Waals surface area contributed by atoms with E-state index < -0.39 is 11.9 Å². The molecule has 18 heavy (non-hydrogen) atoms. The van der Waals surface area contributed by atoms with E-state index in [0.717, 1.165) is 5.56 Å². The Bertz CT molecular complexity index is 431. The molecule has 0 aliphatic heterocycles. The van der Waals surface area contributed by atoms with Crippen LogP contribution in [0.3, 0.4) is 0 Å². The summed E-state index contributed by atoms with van der Waals surface area (Å²) in [6.07, 6.45) is -0.168. The Morgan fingerprint density at radius 1 is 1.33 bits per heavy atom. The highest BCUT2D eigenvalue weighted by molar-refractivity contribution is 5.87. The highest BCUT2D eigenvalue weighted by Crippen LogP contribution is 2.11. The summed E-state index contributed by atoms with van der Waals surface area (Å²) in [5, 5.41) is 9.14. The number of carbonyl (C=O) groups is 2. The zero-order valence-electron chi connectivity index (χ0n) is 10.2. The Labute approximate surface area is 105 Å². The molecular weight excluding hydrogens is 234 g/mol. The molecule has 0 saturated heterocycles. The van der Waals surface area contributed by atoms with Gasteiger partial charge in [0.2, 0.25) is 11.8 Å². The Balaban J connectivity index is 2.59. The third-order valence-corrected chi connectivity index (χ3v) is 2.47. The molecule has 0 spiro atoms. The van der Waals surface area contributed by atoms with Gasteiger partial charge in [-0.15, -0.1) is 0 Å². The molecule has 1 aromatic carbocycles. The van der Waals surface area contributed by atoms with Crippen molar-refractivity contribution in [2.45, 2.75) is 19.0 Å². The van der Waals surface area contributed by atoms with Crippen molar-refractivity contribution in [3.8, 4) is 5.75 Å². The lowest BCUT2D eigenvalue weighted by molar-refractivity contribution is -0.133. The molecule has 0 heterocycles. The van der Waals surface area contributed by atoms with Gasteiger partial charge in [0.25, 0.3) is 0 Å². The van der Waals surface area contributed by atoms with Gasteiger partial charge in [0.1, 0.15) is 5.75 Å². The number of benzene rings is 1. The van der Waals surface area contributed by atoms with Crippen LogP contribution in [0.5, 0.6) is 5.75 Å². The number of amides is 2. The lowest BCUT2D eigenvalue weighted by Gasteiger charge is -2.20. The number of carbonyl (C=O) groups excluding carboxylic acids is 2. The van der Waals surface area contributed by atoms with Gasteiger partial charge in [-0.3, -0.25) is 9.59 Å². The SMILES string of the molecule is CN(Cc1ccc(O)cc1)C(=O)C(N)CC(N)=O. The van der Waals surface area contributed by atoms with Crippen molar-refractivity contribution in [2.24, 2.45) is 11.5 Å². The van der Waals surface area contributed by atoms with E-state index in [-0.39, 0.29) is 18.1 Å². The number of likely N-dealkylation sites (N-methyl/N-ethyl adjacent to an activating group) is 1. The average Bonchev–Trinajstić information content (AvgIpc) is 2.30. The summed E-state index contributed by atoms with van der Waals surface area (Å²) in [4.78, 5) is 23.9. The minimum atomic E-state index is -0.912. The van der Waals surface area contributed by atoms with Gasteiger partial charge < -0.3 is 21.5 Å². The highest BCUT2D eigenvalue weighted by Gasteiger charge is 2.19. The van der Waals surface area contributed by atoms with E-state index >= 15 is 0 Å². The first-order valence-corrected chi connectivity index (χ1v) is 5.47. The third kappa shape index (κ3) is 4.06. The fraction of sp³-hybridized carbons (Fsp3) is 0.333. The van der Waals surface area contributed by atoms with Gasteiger partial charge in [0.05, 0.1) is 12.5 Å².